The van der Waals surface area contributed by atoms with Gasteiger partial charge in [0.05, 0.1) is 5.30 Å². The van der Waals surface area contributed by atoms with E-state index in [0.717, 1.165) is 11.3 Å². The fraction of sp³-hybridized carbons (Fsp3) is 0. The van der Waals surface area contributed by atoms with E-state index >= 15 is 0 Å². The Bertz CT molecular complexity index is 601. The molecule has 0 atom stereocenters. The highest BCUT2D eigenvalue weighted by Crippen LogP contribution is 2.36. The number of ether oxygens (including phenoxy) is 1. The molecule has 0 saturated carbocycles. The number of carbonyl (C=O) groups excluding carboxylic acids is 1. The minimum atomic E-state index is -4.46. The van der Waals surface area contributed by atoms with Crippen LogP contribution in [-0.4, -0.2) is 15.8 Å². The monoisotopic (exact) mass is 284 g/mol. The number of carbonyl (C=O) groups is 1. The zero-order chi connectivity index (χ0) is 13.2. The van der Waals surface area contributed by atoms with Crippen molar-refractivity contribution >= 4 is 30.2 Å². The lowest BCUT2D eigenvalue weighted by molar-refractivity contribution is 0.0740. The lowest BCUT2D eigenvalue weighted by Crippen LogP contribution is -2.16. The Balaban J connectivity index is 2.26. The second-order valence-corrected chi connectivity index (χ2v) is 5.87. The van der Waals surface area contributed by atoms with E-state index in [0.29, 0.717) is 5.75 Å². The van der Waals surface area contributed by atoms with Gasteiger partial charge in [-0.05, 0) is 23.6 Å². The number of rotatable bonds is 3. The quantitative estimate of drug-likeness (QED) is 0.510. The van der Waals surface area contributed by atoms with Gasteiger partial charge in [-0.1, -0.05) is 18.2 Å². The van der Waals surface area contributed by atoms with Gasteiger partial charge < -0.3 is 14.5 Å². The summed E-state index contributed by atoms with van der Waals surface area (Å²) in [6.07, 6.45) is 0. The Morgan fingerprint density at radius 1 is 1.17 bits per heavy atom. The third kappa shape index (κ3) is 2.86. The van der Waals surface area contributed by atoms with Crippen LogP contribution in [0.2, 0.25) is 0 Å². The molecular weight excluding hydrogens is 275 g/mol. The van der Waals surface area contributed by atoms with Crippen molar-refractivity contribution < 1.29 is 23.9 Å². The molecule has 1 aromatic carbocycles. The maximum absolute atomic E-state index is 11.8. The van der Waals surface area contributed by atoms with Crippen molar-refractivity contribution in [3.63, 3.8) is 0 Å². The van der Waals surface area contributed by atoms with E-state index in [9.17, 15) is 9.36 Å². The summed E-state index contributed by atoms with van der Waals surface area (Å²) in [4.78, 5) is 29.9. The van der Waals surface area contributed by atoms with Gasteiger partial charge >= 0.3 is 13.6 Å². The third-order valence-corrected chi connectivity index (χ3v) is 4.14. The second-order valence-electron chi connectivity index (χ2n) is 3.38. The van der Waals surface area contributed by atoms with Crippen LogP contribution in [0.5, 0.6) is 5.75 Å². The Morgan fingerprint density at radius 2 is 1.83 bits per heavy atom. The van der Waals surface area contributed by atoms with Crippen LogP contribution in [0.1, 0.15) is 9.67 Å². The van der Waals surface area contributed by atoms with Crippen LogP contribution >= 0.6 is 18.9 Å². The fourth-order valence-corrected chi connectivity index (χ4v) is 3.23. The van der Waals surface area contributed by atoms with Crippen LogP contribution < -0.4 is 10.0 Å². The summed E-state index contributed by atoms with van der Waals surface area (Å²) in [7, 11) is -4.46. The van der Waals surface area contributed by atoms with E-state index in [1.165, 1.54) is 11.4 Å². The fourth-order valence-electron chi connectivity index (χ4n) is 1.33. The van der Waals surface area contributed by atoms with Crippen LogP contribution in [0.3, 0.4) is 0 Å². The van der Waals surface area contributed by atoms with Crippen LogP contribution in [0.25, 0.3) is 0 Å². The van der Waals surface area contributed by atoms with E-state index in [2.05, 4.69) is 0 Å². The van der Waals surface area contributed by atoms with Gasteiger partial charge in [0.15, 0.2) is 0 Å². The van der Waals surface area contributed by atoms with Crippen molar-refractivity contribution in [2.75, 3.05) is 0 Å². The molecule has 0 saturated heterocycles. The van der Waals surface area contributed by atoms with Crippen LogP contribution in [0.4, 0.5) is 0 Å². The molecule has 2 aromatic rings. The van der Waals surface area contributed by atoms with E-state index in [-0.39, 0.29) is 10.2 Å². The van der Waals surface area contributed by atoms with Gasteiger partial charge in [-0.25, -0.2) is 4.79 Å². The Hall–Kier alpha value is -1.46. The Labute approximate surface area is 107 Å². The summed E-state index contributed by atoms with van der Waals surface area (Å²) in [5, 5.41) is 1.14. The first-order valence-electron chi connectivity index (χ1n) is 4.89. The molecule has 94 valence electrons. The molecule has 2 rings (SSSR count). The number of esters is 1. The van der Waals surface area contributed by atoms with Gasteiger partial charge in [-0.3, -0.25) is 4.57 Å². The van der Waals surface area contributed by atoms with Gasteiger partial charge in [0, 0.05) is 0 Å². The number of thiophene rings is 1. The van der Waals surface area contributed by atoms with E-state index < -0.39 is 13.6 Å². The number of para-hydroxylation sites is 1. The third-order valence-electron chi connectivity index (χ3n) is 2.10. The van der Waals surface area contributed by atoms with E-state index in [4.69, 9.17) is 14.5 Å². The summed E-state index contributed by atoms with van der Waals surface area (Å²) in [5.41, 5.74) is 0. The molecule has 0 aliphatic heterocycles. The van der Waals surface area contributed by atoms with E-state index in [1.807, 2.05) is 0 Å². The highest BCUT2D eigenvalue weighted by atomic mass is 32.1. The largest absolute Gasteiger partial charge is 0.422 e. The predicted octanol–water partition coefficient (Wildman–Crippen LogP) is 1.77. The molecule has 0 unspecified atom stereocenters. The minimum absolute atomic E-state index is 0.0767. The maximum Gasteiger partial charge on any atom is 0.357 e. The van der Waals surface area contributed by atoms with Gasteiger partial charge in [0.2, 0.25) is 0 Å². The highest BCUT2D eigenvalue weighted by Gasteiger charge is 2.27. The van der Waals surface area contributed by atoms with Crippen molar-refractivity contribution in [1.29, 1.82) is 0 Å². The molecule has 1 aromatic heterocycles. The number of hydrogen-bond acceptors (Lipinski definition) is 4. The normalized spacial score (nSPS) is 11.2. The maximum atomic E-state index is 11.8. The second kappa shape index (κ2) is 5.04. The first-order chi connectivity index (χ1) is 8.48. The summed E-state index contributed by atoms with van der Waals surface area (Å²) >= 11 is 0.937. The van der Waals surface area contributed by atoms with Crippen molar-refractivity contribution in [1.82, 2.24) is 0 Å². The molecule has 0 aliphatic rings. The molecule has 5 nitrogen and oxygen atoms in total. The van der Waals surface area contributed by atoms with Crippen molar-refractivity contribution in [2.45, 2.75) is 0 Å². The summed E-state index contributed by atoms with van der Waals surface area (Å²) < 4.78 is 16.2. The molecule has 0 aliphatic carbocycles. The van der Waals surface area contributed by atoms with Crippen LogP contribution in [-0.2, 0) is 4.57 Å². The zero-order valence-corrected chi connectivity index (χ0v) is 10.7. The van der Waals surface area contributed by atoms with Crippen LogP contribution in [0, 0.1) is 0 Å². The molecule has 0 amide bonds. The molecule has 2 N–H and O–H groups in total. The molecule has 0 bridgehead atoms. The Kier molecular flexibility index (Phi) is 3.63. The lowest BCUT2D eigenvalue weighted by atomic mass is 10.3. The lowest BCUT2D eigenvalue weighted by Gasteiger charge is -2.06. The first kappa shape index (κ1) is 13.0. The Morgan fingerprint density at radius 3 is 2.44 bits per heavy atom. The molecule has 0 fully saturated rings. The molecule has 1 heterocycles. The summed E-state index contributed by atoms with van der Waals surface area (Å²) in [6, 6.07) is 9.56. The predicted molar refractivity (Wildman–Crippen MR) is 67.4 cm³/mol. The zero-order valence-electron chi connectivity index (χ0n) is 9.02. The minimum Gasteiger partial charge on any atom is -0.422 e. The van der Waals surface area contributed by atoms with Crippen molar-refractivity contribution in [3.05, 3.63) is 46.7 Å². The number of hydrogen-bond donors (Lipinski definition) is 2. The van der Waals surface area contributed by atoms with Gasteiger partial charge in [-0.2, -0.15) is 0 Å². The summed E-state index contributed by atoms with van der Waals surface area (Å²) in [5.74, 6) is -0.443. The van der Waals surface area contributed by atoms with Gasteiger partial charge in [0.25, 0.3) is 0 Å². The van der Waals surface area contributed by atoms with Crippen LogP contribution in [0.15, 0.2) is 41.8 Å². The SMILES string of the molecule is O=C(Oc1ccccc1)c1sccc1P(=O)(O)O. The van der Waals surface area contributed by atoms with Gasteiger partial charge in [-0.15, -0.1) is 11.3 Å². The molecule has 0 radical (unpaired) electrons. The average molecular weight is 284 g/mol. The van der Waals surface area contributed by atoms with Crippen molar-refractivity contribution in [2.24, 2.45) is 0 Å². The molecule has 7 heteroatoms. The highest BCUT2D eigenvalue weighted by molar-refractivity contribution is 7.61. The standard InChI is InChI=1S/C11H9O5PS/c12-11(16-8-4-2-1-3-5-8)10-9(6-7-18-10)17(13,14)15/h1-7H,(H2,13,14,15). The molecule has 0 spiro atoms. The topological polar surface area (TPSA) is 83.8 Å². The average Bonchev–Trinajstić information content (AvgIpc) is 2.79. The van der Waals surface area contributed by atoms with Gasteiger partial charge in [0.1, 0.15) is 10.6 Å². The van der Waals surface area contributed by atoms with Crippen molar-refractivity contribution in [3.8, 4) is 5.75 Å². The summed E-state index contributed by atoms with van der Waals surface area (Å²) in [6.45, 7) is 0. The molecule has 18 heavy (non-hydrogen) atoms. The first-order valence-corrected chi connectivity index (χ1v) is 7.38. The smallest absolute Gasteiger partial charge is 0.357 e. The molecular formula is C11H9O5PS. The number of benzene rings is 1. The van der Waals surface area contributed by atoms with E-state index in [1.54, 1.807) is 30.3 Å².